The molecule has 1 aliphatic heterocycles. The summed E-state index contributed by atoms with van der Waals surface area (Å²) in [5, 5.41) is 0. The van der Waals surface area contributed by atoms with Crippen LogP contribution in [0.1, 0.15) is 11.1 Å². The van der Waals surface area contributed by atoms with Gasteiger partial charge in [-0.1, -0.05) is 36.1 Å². The molecule has 4 nitrogen and oxygen atoms in total. The smallest absolute Gasteiger partial charge is 0.416 e. The summed E-state index contributed by atoms with van der Waals surface area (Å²) in [7, 11) is 3.01. The number of halogens is 3. The van der Waals surface area contributed by atoms with Gasteiger partial charge in [-0.25, -0.2) is 0 Å². The van der Waals surface area contributed by atoms with Gasteiger partial charge in [0.05, 0.1) is 30.4 Å². The van der Waals surface area contributed by atoms with Crippen molar-refractivity contribution in [1.29, 1.82) is 0 Å². The second-order valence-electron chi connectivity index (χ2n) is 5.68. The number of hydrogen-bond donors (Lipinski definition) is 0. The highest BCUT2D eigenvalue weighted by Gasteiger charge is 2.36. The van der Waals surface area contributed by atoms with Crippen molar-refractivity contribution in [3.63, 3.8) is 0 Å². The van der Waals surface area contributed by atoms with Gasteiger partial charge in [0.2, 0.25) is 0 Å². The molecule has 1 fully saturated rings. The van der Waals surface area contributed by atoms with E-state index >= 15 is 0 Å². The number of thiocarbonyl (C=S) groups is 1. The average molecular weight is 425 g/mol. The topological polar surface area (TPSA) is 38.8 Å². The second kappa shape index (κ2) is 7.84. The first-order valence-corrected chi connectivity index (χ1v) is 9.14. The van der Waals surface area contributed by atoms with E-state index in [0.717, 1.165) is 28.8 Å². The molecule has 2 aromatic carbocycles. The number of ether oxygens (including phenoxy) is 2. The molecule has 3 rings (SSSR count). The van der Waals surface area contributed by atoms with Crippen molar-refractivity contribution >= 4 is 46.0 Å². The molecule has 28 heavy (non-hydrogen) atoms. The summed E-state index contributed by atoms with van der Waals surface area (Å²) in [6.45, 7) is 0. The van der Waals surface area contributed by atoms with Crippen LogP contribution in [0.5, 0.6) is 11.5 Å². The minimum absolute atomic E-state index is 0.0769. The van der Waals surface area contributed by atoms with E-state index in [0.29, 0.717) is 22.0 Å². The molecular weight excluding hydrogens is 411 g/mol. The molecule has 0 saturated carbocycles. The van der Waals surface area contributed by atoms with Crippen molar-refractivity contribution in [3.8, 4) is 11.5 Å². The fraction of sp³-hybridized carbons (Fsp3) is 0.158. The predicted molar refractivity (Wildman–Crippen MR) is 107 cm³/mol. The molecule has 0 aromatic heterocycles. The second-order valence-corrected chi connectivity index (χ2v) is 7.36. The highest BCUT2D eigenvalue weighted by atomic mass is 32.2. The Kier molecular flexibility index (Phi) is 5.66. The van der Waals surface area contributed by atoms with Crippen LogP contribution in [0.4, 0.5) is 18.9 Å². The number of rotatable bonds is 4. The number of benzene rings is 2. The number of anilines is 1. The molecule has 0 unspecified atom stereocenters. The zero-order chi connectivity index (χ0) is 20.5. The molecule has 0 bridgehead atoms. The molecule has 9 heteroatoms. The van der Waals surface area contributed by atoms with E-state index in [1.807, 2.05) is 0 Å². The first-order valence-electron chi connectivity index (χ1n) is 7.92. The molecule has 1 saturated heterocycles. The van der Waals surface area contributed by atoms with Gasteiger partial charge >= 0.3 is 6.18 Å². The van der Waals surface area contributed by atoms with E-state index in [4.69, 9.17) is 21.7 Å². The Morgan fingerprint density at radius 2 is 1.79 bits per heavy atom. The van der Waals surface area contributed by atoms with E-state index < -0.39 is 17.6 Å². The Bertz CT molecular complexity index is 973. The Morgan fingerprint density at radius 3 is 2.43 bits per heavy atom. The number of alkyl halides is 3. The van der Waals surface area contributed by atoms with Crippen LogP contribution in [0.25, 0.3) is 6.08 Å². The van der Waals surface area contributed by atoms with Crippen molar-refractivity contribution in [2.75, 3.05) is 19.1 Å². The Balaban J connectivity index is 1.93. The monoisotopic (exact) mass is 425 g/mol. The van der Waals surface area contributed by atoms with E-state index in [9.17, 15) is 18.0 Å². The van der Waals surface area contributed by atoms with Crippen LogP contribution in [-0.4, -0.2) is 24.4 Å². The van der Waals surface area contributed by atoms with Crippen molar-refractivity contribution in [2.45, 2.75) is 6.18 Å². The molecule has 1 amide bonds. The summed E-state index contributed by atoms with van der Waals surface area (Å²) >= 11 is 6.24. The van der Waals surface area contributed by atoms with Gasteiger partial charge in [-0.3, -0.25) is 9.69 Å². The van der Waals surface area contributed by atoms with Crippen LogP contribution in [0.2, 0.25) is 0 Å². The third-order valence-electron chi connectivity index (χ3n) is 3.93. The van der Waals surface area contributed by atoms with Gasteiger partial charge in [0.1, 0.15) is 0 Å². The Hall–Kier alpha value is -2.52. The van der Waals surface area contributed by atoms with Gasteiger partial charge in [-0.2, -0.15) is 13.2 Å². The number of nitrogens with zero attached hydrogens (tertiary/aromatic N) is 1. The highest BCUT2D eigenvalue weighted by Crippen LogP contribution is 2.39. The summed E-state index contributed by atoms with van der Waals surface area (Å²) < 4.78 is 49.5. The molecule has 0 radical (unpaired) electrons. The first kappa shape index (κ1) is 20.2. The third kappa shape index (κ3) is 4.00. The normalized spacial score (nSPS) is 16.0. The fourth-order valence-corrected chi connectivity index (χ4v) is 3.90. The number of methoxy groups -OCH3 is 2. The lowest BCUT2D eigenvalue weighted by Gasteiger charge is -2.16. The summed E-state index contributed by atoms with van der Waals surface area (Å²) in [4.78, 5) is 14.2. The minimum atomic E-state index is -4.51. The standard InChI is InChI=1S/C19H14F3NO3S2/c1-25-14-7-6-11(8-15(14)26-2)9-16-17(24)23(18(27)28-16)13-5-3-4-12(10-13)19(20,21)22/h3-10H,1-2H3/b16-9-. The number of thioether (sulfide) groups is 1. The van der Waals surface area contributed by atoms with Gasteiger partial charge in [-0.05, 0) is 42.0 Å². The van der Waals surface area contributed by atoms with Crippen molar-refractivity contribution in [3.05, 3.63) is 58.5 Å². The molecule has 1 heterocycles. The molecule has 0 spiro atoms. The zero-order valence-electron chi connectivity index (χ0n) is 14.7. The van der Waals surface area contributed by atoms with Crippen LogP contribution >= 0.6 is 24.0 Å². The molecule has 2 aromatic rings. The fourth-order valence-electron chi connectivity index (χ4n) is 2.61. The summed E-state index contributed by atoms with van der Waals surface area (Å²) in [5.74, 6) is 0.546. The lowest BCUT2D eigenvalue weighted by Crippen LogP contribution is -2.27. The van der Waals surface area contributed by atoms with Crippen molar-refractivity contribution in [1.82, 2.24) is 0 Å². The molecule has 0 N–H and O–H groups in total. The lowest BCUT2D eigenvalue weighted by atomic mass is 10.1. The van der Waals surface area contributed by atoms with E-state index in [1.54, 1.807) is 24.3 Å². The largest absolute Gasteiger partial charge is 0.493 e. The number of hydrogen-bond acceptors (Lipinski definition) is 5. The van der Waals surface area contributed by atoms with Crippen LogP contribution in [0, 0.1) is 0 Å². The SMILES string of the molecule is COc1ccc(/C=C2\SC(=S)N(c3cccc(C(F)(F)F)c3)C2=O)cc1OC. The Morgan fingerprint density at radius 1 is 1.07 bits per heavy atom. The average Bonchev–Trinajstić information content (AvgIpc) is 2.94. The number of carbonyl (C=O) groups is 1. The van der Waals surface area contributed by atoms with Gasteiger partial charge in [-0.15, -0.1) is 0 Å². The van der Waals surface area contributed by atoms with Crippen LogP contribution in [0.15, 0.2) is 47.4 Å². The minimum Gasteiger partial charge on any atom is -0.493 e. The van der Waals surface area contributed by atoms with E-state index in [2.05, 4.69) is 0 Å². The molecule has 0 aliphatic carbocycles. The summed E-state index contributed by atoms with van der Waals surface area (Å²) in [6.07, 6.45) is -2.90. The van der Waals surface area contributed by atoms with Gasteiger partial charge in [0.25, 0.3) is 5.91 Å². The maximum absolute atomic E-state index is 13.0. The number of carbonyl (C=O) groups excluding carboxylic acids is 1. The van der Waals surface area contributed by atoms with E-state index in [-0.39, 0.29) is 10.0 Å². The van der Waals surface area contributed by atoms with Crippen LogP contribution in [0.3, 0.4) is 0 Å². The van der Waals surface area contributed by atoms with Crippen molar-refractivity contribution in [2.24, 2.45) is 0 Å². The maximum atomic E-state index is 13.0. The maximum Gasteiger partial charge on any atom is 0.416 e. The molecular formula is C19H14F3NO3S2. The third-order valence-corrected chi connectivity index (χ3v) is 5.23. The summed E-state index contributed by atoms with van der Waals surface area (Å²) in [6, 6.07) is 9.63. The Labute approximate surface area is 168 Å². The van der Waals surface area contributed by atoms with Gasteiger partial charge in [0, 0.05) is 0 Å². The van der Waals surface area contributed by atoms with Gasteiger partial charge < -0.3 is 9.47 Å². The molecule has 0 atom stereocenters. The quantitative estimate of drug-likeness (QED) is 0.502. The van der Waals surface area contributed by atoms with Crippen LogP contribution < -0.4 is 14.4 Å². The summed E-state index contributed by atoms with van der Waals surface area (Å²) in [5.41, 5.74) is -0.0989. The predicted octanol–water partition coefficient (Wildman–Crippen LogP) is 5.13. The molecule has 1 aliphatic rings. The zero-order valence-corrected chi connectivity index (χ0v) is 16.4. The number of amides is 1. The van der Waals surface area contributed by atoms with Crippen LogP contribution in [-0.2, 0) is 11.0 Å². The van der Waals surface area contributed by atoms with E-state index in [1.165, 1.54) is 26.4 Å². The first-order chi connectivity index (χ1) is 13.2. The van der Waals surface area contributed by atoms with Gasteiger partial charge in [0.15, 0.2) is 15.8 Å². The highest BCUT2D eigenvalue weighted by molar-refractivity contribution is 8.27. The van der Waals surface area contributed by atoms with Crippen molar-refractivity contribution < 1.29 is 27.4 Å². The lowest BCUT2D eigenvalue weighted by molar-refractivity contribution is -0.137. The molecule has 146 valence electrons.